The Bertz CT molecular complexity index is 785. The number of aryl methyl sites for hydroxylation is 1. The Kier molecular flexibility index (Phi) is 4.71. The molecule has 0 radical (unpaired) electrons. The van der Waals surface area contributed by atoms with E-state index in [2.05, 4.69) is 10.1 Å². The molecule has 1 aliphatic rings. The van der Waals surface area contributed by atoms with Gasteiger partial charge in [0.25, 0.3) is 5.91 Å². The van der Waals surface area contributed by atoms with Gasteiger partial charge in [0.15, 0.2) is 0 Å². The number of nitrogens with zero attached hydrogens (tertiary/aromatic N) is 4. The highest BCUT2D eigenvalue weighted by Crippen LogP contribution is 2.21. The van der Waals surface area contributed by atoms with Crippen molar-refractivity contribution in [3.05, 3.63) is 46.4 Å². The van der Waals surface area contributed by atoms with Crippen molar-refractivity contribution < 1.29 is 9.59 Å². The second-order valence-electron chi connectivity index (χ2n) is 5.59. The number of carbonyl (C=O) groups excluding carboxylic acids is 2. The molecule has 0 saturated heterocycles. The SMILES string of the molecule is Cc1ncc(CN(C)C(=O)C2=NN(c3ccccc3)C(=O)CC2)s1. The minimum absolute atomic E-state index is 0.0986. The van der Waals surface area contributed by atoms with Crippen molar-refractivity contribution in [1.29, 1.82) is 0 Å². The van der Waals surface area contributed by atoms with E-state index in [9.17, 15) is 9.59 Å². The molecule has 0 spiro atoms. The Morgan fingerprint density at radius 3 is 2.71 bits per heavy atom. The number of aromatic nitrogens is 1. The summed E-state index contributed by atoms with van der Waals surface area (Å²) in [6.45, 7) is 2.42. The molecule has 2 heterocycles. The molecule has 0 unspecified atom stereocenters. The molecule has 124 valence electrons. The number of hydrogen-bond donors (Lipinski definition) is 0. The van der Waals surface area contributed by atoms with E-state index >= 15 is 0 Å². The maximum absolute atomic E-state index is 12.6. The highest BCUT2D eigenvalue weighted by Gasteiger charge is 2.27. The summed E-state index contributed by atoms with van der Waals surface area (Å²) in [5, 5.41) is 6.59. The summed E-state index contributed by atoms with van der Waals surface area (Å²) in [6.07, 6.45) is 2.44. The van der Waals surface area contributed by atoms with Gasteiger partial charge in [0, 0.05) is 31.0 Å². The van der Waals surface area contributed by atoms with Crippen molar-refractivity contribution >= 4 is 34.6 Å². The first-order valence-electron chi connectivity index (χ1n) is 7.67. The lowest BCUT2D eigenvalue weighted by Gasteiger charge is -2.25. The van der Waals surface area contributed by atoms with Crippen molar-refractivity contribution in [2.75, 3.05) is 12.1 Å². The zero-order valence-electron chi connectivity index (χ0n) is 13.6. The molecule has 0 fully saturated rings. The zero-order chi connectivity index (χ0) is 17.1. The number of hydrazone groups is 1. The molecule has 7 heteroatoms. The van der Waals surface area contributed by atoms with Crippen LogP contribution in [0, 0.1) is 6.92 Å². The fraction of sp³-hybridized carbons (Fsp3) is 0.294. The van der Waals surface area contributed by atoms with Gasteiger partial charge >= 0.3 is 0 Å². The van der Waals surface area contributed by atoms with Gasteiger partial charge in [0.1, 0.15) is 5.71 Å². The molecule has 0 bridgehead atoms. The lowest BCUT2D eigenvalue weighted by molar-refractivity contribution is -0.123. The summed E-state index contributed by atoms with van der Waals surface area (Å²) in [6, 6.07) is 9.16. The zero-order valence-corrected chi connectivity index (χ0v) is 14.4. The predicted molar refractivity (Wildman–Crippen MR) is 93.9 cm³/mol. The average molecular weight is 342 g/mol. The number of para-hydroxylation sites is 1. The first kappa shape index (κ1) is 16.3. The molecule has 1 aromatic carbocycles. The fourth-order valence-electron chi connectivity index (χ4n) is 2.48. The van der Waals surface area contributed by atoms with Crippen LogP contribution in [0.1, 0.15) is 22.7 Å². The molecule has 1 aliphatic heterocycles. The molecular weight excluding hydrogens is 324 g/mol. The first-order chi connectivity index (χ1) is 11.5. The molecule has 2 amide bonds. The smallest absolute Gasteiger partial charge is 0.270 e. The Balaban J connectivity index is 1.77. The summed E-state index contributed by atoms with van der Waals surface area (Å²) in [4.78, 5) is 31.6. The third-order valence-electron chi connectivity index (χ3n) is 3.69. The van der Waals surface area contributed by atoms with Crippen LogP contribution in [0.2, 0.25) is 0 Å². The lowest BCUT2D eigenvalue weighted by atomic mass is 10.1. The maximum atomic E-state index is 12.6. The minimum atomic E-state index is -0.158. The molecule has 0 aliphatic carbocycles. The van der Waals surface area contributed by atoms with Gasteiger partial charge < -0.3 is 4.90 Å². The van der Waals surface area contributed by atoms with E-state index in [1.807, 2.05) is 25.1 Å². The van der Waals surface area contributed by atoms with E-state index in [1.54, 1.807) is 41.6 Å². The fourth-order valence-corrected chi connectivity index (χ4v) is 3.33. The molecule has 24 heavy (non-hydrogen) atoms. The summed E-state index contributed by atoms with van der Waals surface area (Å²) in [7, 11) is 1.74. The number of amides is 2. The van der Waals surface area contributed by atoms with Crippen LogP contribution in [0.25, 0.3) is 0 Å². The van der Waals surface area contributed by atoms with Crippen LogP contribution in [0.4, 0.5) is 5.69 Å². The average Bonchev–Trinajstić information content (AvgIpc) is 3.00. The van der Waals surface area contributed by atoms with Gasteiger partial charge in [-0.25, -0.2) is 9.99 Å². The van der Waals surface area contributed by atoms with Crippen molar-refractivity contribution in [2.45, 2.75) is 26.3 Å². The summed E-state index contributed by atoms with van der Waals surface area (Å²) < 4.78 is 0. The Labute approximate surface area is 144 Å². The number of hydrogen-bond acceptors (Lipinski definition) is 5. The largest absolute Gasteiger partial charge is 0.335 e. The maximum Gasteiger partial charge on any atom is 0.270 e. The van der Waals surface area contributed by atoms with Crippen molar-refractivity contribution in [3.63, 3.8) is 0 Å². The van der Waals surface area contributed by atoms with Crippen LogP contribution in [0.3, 0.4) is 0 Å². The molecule has 3 rings (SSSR count). The van der Waals surface area contributed by atoms with Gasteiger partial charge in [-0.2, -0.15) is 5.10 Å². The van der Waals surface area contributed by atoms with Crippen molar-refractivity contribution in [3.8, 4) is 0 Å². The van der Waals surface area contributed by atoms with Gasteiger partial charge in [0.2, 0.25) is 5.91 Å². The van der Waals surface area contributed by atoms with Crippen LogP contribution >= 0.6 is 11.3 Å². The van der Waals surface area contributed by atoms with Gasteiger partial charge in [-0.05, 0) is 19.1 Å². The normalized spacial score (nSPS) is 14.5. The van der Waals surface area contributed by atoms with E-state index < -0.39 is 0 Å². The number of anilines is 1. The van der Waals surface area contributed by atoms with Crippen LogP contribution in [-0.2, 0) is 16.1 Å². The third kappa shape index (κ3) is 3.51. The van der Waals surface area contributed by atoms with Gasteiger partial charge in [-0.3, -0.25) is 9.59 Å². The van der Waals surface area contributed by atoms with Gasteiger partial charge in [0.05, 0.1) is 17.2 Å². The van der Waals surface area contributed by atoms with Gasteiger partial charge in [-0.15, -0.1) is 11.3 Å². The third-order valence-corrected chi connectivity index (χ3v) is 4.59. The Hall–Kier alpha value is -2.54. The monoisotopic (exact) mass is 342 g/mol. The molecule has 6 nitrogen and oxygen atoms in total. The minimum Gasteiger partial charge on any atom is -0.335 e. The topological polar surface area (TPSA) is 65.9 Å². The highest BCUT2D eigenvalue weighted by atomic mass is 32.1. The van der Waals surface area contributed by atoms with Crippen LogP contribution in [0.5, 0.6) is 0 Å². The van der Waals surface area contributed by atoms with Crippen molar-refractivity contribution in [1.82, 2.24) is 9.88 Å². The summed E-state index contributed by atoms with van der Waals surface area (Å²) in [5.41, 5.74) is 1.08. The molecule has 0 saturated carbocycles. The first-order valence-corrected chi connectivity index (χ1v) is 8.48. The van der Waals surface area contributed by atoms with E-state index in [-0.39, 0.29) is 18.2 Å². The number of thiazole rings is 1. The number of carbonyl (C=O) groups is 2. The quantitative estimate of drug-likeness (QED) is 0.858. The molecule has 0 N–H and O–H groups in total. The second kappa shape index (κ2) is 6.92. The van der Waals surface area contributed by atoms with Crippen LogP contribution in [-0.4, -0.2) is 34.5 Å². The summed E-state index contributed by atoms with van der Waals surface area (Å²) >= 11 is 1.57. The second-order valence-corrected chi connectivity index (χ2v) is 6.91. The Morgan fingerprint density at radius 2 is 2.04 bits per heavy atom. The lowest BCUT2D eigenvalue weighted by Crippen LogP contribution is -2.39. The van der Waals surface area contributed by atoms with E-state index in [0.717, 1.165) is 9.88 Å². The van der Waals surface area contributed by atoms with E-state index in [1.165, 1.54) is 5.01 Å². The summed E-state index contributed by atoms with van der Waals surface area (Å²) in [5.74, 6) is -0.257. The molecule has 2 aromatic rings. The predicted octanol–water partition coefficient (Wildman–Crippen LogP) is 2.59. The highest BCUT2D eigenvalue weighted by molar-refractivity contribution is 7.11. The van der Waals surface area contributed by atoms with Crippen LogP contribution in [0.15, 0.2) is 41.6 Å². The molecule has 1 aromatic heterocycles. The molecule has 0 atom stereocenters. The molecular formula is C17H18N4O2S. The van der Waals surface area contributed by atoms with Crippen LogP contribution < -0.4 is 5.01 Å². The number of rotatable bonds is 4. The Morgan fingerprint density at radius 1 is 1.29 bits per heavy atom. The standard InChI is InChI=1S/C17H18N4O2S/c1-12-18-10-14(24-12)11-20(2)17(23)15-8-9-16(22)21(19-15)13-6-4-3-5-7-13/h3-7,10H,8-9,11H2,1-2H3. The van der Waals surface area contributed by atoms with Crippen molar-refractivity contribution in [2.24, 2.45) is 5.10 Å². The van der Waals surface area contributed by atoms with E-state index in [0.29, 0.717) is 24.4 Å². The van der Waals surface area contributed by atoms with Gasteiger partial charge in [-0.1, -0.05) is 18.2 Å². The number of benzene rings is 1. The van der Waals surface area contributed by atoms with E-state index in [4.69, 9.17) is 0 Å².